The summed E-state index contributed by atoms with van der Waals surface area (Å²) in [4.78, 5) is 11.2. The van der Waals surface area contributed by atoms with E-state index in [0.29, 0.717) is 13.0 Å². The van der Waals surface area contributed by atoms with Crippen LogP contribution in [0.15, 0.2) is 18.2 Å². The van der Waals surface area contributed by atoms with Crippen LogP contribution in [0.5, 0.6) is 5.75 Å². The minimum Gasteiger partial charge on any atom is -0.496 e. The molecule has 0 unspecified atom stereocenters. The van der Waals surface area contributed by atoms with E-state index in [2.05, 4.69) is 12.2 Å². The quantitative estimate of drug-likeness (QED) is 0.759. The average Bonchev–Trinajstić information content (AvgIpc) is 2.38. The number of methoxy groups -OCH3 is 1. The van der Waals surface area contributed by atoms with Crippen molar-refractivity contribution in [3.63, 3.8) is 0 Å². The number of ether oxygens (including phenoxy) is 1. The molecule has 0 aliphatic heterocycles. The van der Waals surface area contributed by atoms with Crippen LogP contribution < -0.4 is 10.1 Å². The van der Waals surface area contributed by atoms with E-state index < -0.39 is 12.0 Å². The van der Waals surface area contributed by atoms with Crippen LogP contribution in [0.25, 0.3) is 0 Å². The van der Waals surface area contributed by atoms with Gasteiger partial charge in [-0.05, 0) is 19.4 Å². The summed E-state index contributed by atoms with van der Waals surface area (Å²) in [7, 11) is 1.62. The van der Waals surface area contributed by atoms with Gasteiger partial charge < -0.3 is 15.2 Å². The van der Waals surface area contributed by atoms with Crippen molar-refractivity contribution in [1.29, 1.82) is 0 Å². The lowest BCUT2D eigenvalue weighted by Gasteiger charge is -2.16. The van der Waals surface area contributed by atoms with E-state index in [4.69, 9.17) is 9.84 Å². The Bertz CT molecular complexity index is 418. The summed E-state index contributed by atoms with van der Waals surface area (Å²) in [5, 5.41) is 12.3. The van der Waals surface area contributed by atoms with Crippen LogP contribution in [0.2, 0.25) is 0 Å². The van der Waals surface area contributed by atoms with Gasteiger partial charge in [0.25, 0.3) is 0 Å². The fraction of sp³-hybridized carbons (Fsp3) is 0.533. The maximum atomic E-state index is 11.2. The highest BCUT2D eigenvalue weighted by Gasteiger charge is 2.16. The number of benzene rings is 1. The van der Waals surface area contributed by atoms with E-state index >= 15 is 0 Å². The molecule has 0 aliphatic carbocycles. The van der Waals surface area contributed by atoms with Crippen molar-refractivity contribution in [2.75, 3.05) is 7.11 Å². The number of carboxylic acid groups (broad SMARTS) is 1. The molecule has 0 fully saturated rings. The highest BCUT2D eigenvalue weighted by atomic mass is 16.5. The van der Waals surface area contributed by atoms with Crippen LogP contribution in [0.4, 0.5) is 0 Å². The normalized spacial score (nSPS) is 12.2. The van der Waals surface area contributed by atoms with Gasteiger partial charge in [-0.3, -0.25) is 4.79 Å². The van der Waals surface area contributed by atoms with Crippen molar-refractivity contribution in [2.45, 2.75) is 45.7 Å². The molecule has 0 radical (unpaired) electrons. The number of carboxylic acids is 1. The summed E-state index contributed by atoms with van der Waals surface area (Å²) >= 11 is 0. The molecule has 0 spiro atoms. The van der Waals surface area contributed by atoms with Gasteiger partial charge in [-0.1, -0.05) is 37.5 Å². The largest absolute Gasteiger partial charge is 0.496 e. The molecule has 4 nitrogen and oxygen atoms in total. The van der Waals surface area contributed by atoms with Crippen molar-refractivity contribution in [2.24, 2.45) is 0 Å². The Balaban J connectivity index is 2.67. The number of unbranched alkanes of at least 4 members (excludes halogenated alkanes) is 1. The molecule has 0 amide bonds. The Morgan fingerprint density at radius 3 is 2.79 bits per heavy atom. The molecule has 1 rings (SSSR count). The smallest absolute Gasteiger partial charge is 0.320 e. The lowest BCUT2D eigenvalue weighted by Crippen LogP contribution is -2.36. The highest BCUT2D eigenvalue weighted by Crippen LogP contribution is 2.19. The van der Waals surface area contributed by atoms with Gasteiger partial charge in [-0.15, -0.1) is 0 Å². The van der Waals surface area contributed by atoms with Crippen LogP contribution >= 0.6 is 0 Å². The maximum absolute atomic E-state index is 11.2. The molecular weight excluding hydrogens is 242 g/mol. The van der Waals surface area contributed by atoms with E-state index in [-0.39, 0.29) is 0 Å². The zero-order valence-corrected chi connectivity index (χ0v) is 11.9. The first-order valence-corrected chi connectivity index (χ1v) is 6.68. The van der Waals surface area contributed by atoms with E-state index in [0.717, 1.165) is 29.7 Å². The molecule has 1 aromatic rings. The third-order valence-electron chi connectivity index (χ3n) is 3.12. The fourth-order valence-electron chi connectivity index (χ4n) is 2.00. The standard InChI is InChI=1S/C15H23NO3/c1-4-5-6-13(15(17)18)16-10-12-9-11(2)7-8-14(12)19-3/h7-9,13,16H,4-6,10H2,1-3H3,(H,17,18)/t13-/m0/s1. The third-order valence-corrected chi connectivity index (χ3v) is 3.12. The summed E-state index contributed by atoms with van der Waals surface area (Å²) < 4.78 is 5.29. The Morgan fingerprint density at radius 1 is 1.47 bits per heavy atom. The fourth-order valence-corrected chi connectivity index (χ4v) is 2.00. The van der Waals surface area contributed by atoms with Crippen LogP contribution in [0.3, 0.4) is 0 Å². The number of aryl methyl sites for hydroxylation is 1. The molecule has 0 heterocycles. The van der Waals surface area contributed by atoms with Gasteiger partial charge in [0.15, 0.2) is 0 Å². The van der Waals surface area contributed by atoms with Gasteiger partial charge >= 0.3 is 5.97 Å². The van der Waals surface area contributed by atoms with Gasteiger partial charge in [0, 0.05) is 12.1 Å². The first-order chi connectivity index (χ1) is 9.08. The molecular formula is C15H23NO3. The van der Waals surface area contributed by atoms with E-state index in [9.17, 15) is 4.79 Å². The van der Waals surface area contributed by atoms with Crippen molar-refractivity contribution in [3.8, 4) is 5.75 Å². The molecule has 1 atom stereocenters. The van der Waals surface area contributed by atoms with E-state index in [1.54, 1.807) is 7.11 Å². The predicted octanol–water partition coefficient (Wildman–Crippen LogP) is 2.74. The van der Waals surface area contributed by atoms with E-state index in [1.165, 1.54) is 0 Å². The molecule has 0 aliphatic rings. The molecule has 0 bridgehead atoms. The van der Waals surface area contributed by atoms with Crippen LogP contribution in [0.1, 0.15) is 37.3 Å². The summed E-state index contributed by atoms with van der Waals surface area (Å²) in [6, 6.07) is 5.41. The predicted molar refractivity (Wildman–Crippen MR) is 75.5 cm³/mol. The lowest BCUT2D eigenvalue weighted by atomic mass is 10.1. The molecule has 4 heteroatoms. The van der Waals surface area contributed by atoms with Crippen molar-refractivity contribution in [1.82, 2.24) is 5.32 Å². The number of hydrogen-bond acceptors (Lipinski definition) is 3. The third kappa shape index (κ3) is 4.91. The Hall–Kier alpha value is -1.55. The van der Waals surface area contributed by atoms with Gasteiger partial charge in [0.05, 0.1) is 7.11 Å². The first kappa shape index (κ1) is 15.5. The molecule has 2 N–H and O–H groups in total. The van der Waals surface area contributed by atoms with Crippen LogP contribution in [-0.2, 0) is 11.3 Å². The van der Waals surface area contributed by atoms with Gasteiger partial charge in [-0.2, -0.15) is 0 Å². The second-order valence-corrected chi connectivity index (χ2v) is 4.73. The second-order valence-electron chi connectivity index (χ2n) is 4.73. The average molecular weight is 265 g/mol. The summed E-state index contributed by atoms with van der Waals surface area (Å²) in [6.45, 7) is 4.57. The SMILES string of the molecule is CCCC[C@H](NCc1cc(C)ccc1OC)C(=O)O. The van der Waals surface area contributed by atoms with Gasteiger partial charge in [0.1, 0.15) is 11.8 Å². The molecule has 0 aromatic heterocycles. The van der Waals surface area contributed by atoms with Crippen LogP contribution in [-0.4, -0.2) is 24.2 Å². The van der Waals surface area contributed by atoms with Gasteiger partial charge in [0.2, 0.25) is 0 Å². The number of nitrogens with one attached hydrogen (secondary N) is 1. The topological polar surface area (TPSA) is 58.6 Å². The molecule has 1 aromatic carbocycles. The Morgan fingerprint density at radius 2 is 2.21 bits per heavy atom. The van der Waals surface area contributed by atoms with E-state index in [1.807, 2.05) is 25.1 Å². The molecule has 106 valence electrons. The summed E-state index contributed by atoms with van der Waals surface area (Å²) in [5.74, 6) is -0.00204. The minimum atomic E-state index is -0.792. The number of rotatable bonds is 8. The second kappa shape index (κ2) is 7.79. The van der Waals surface area contributed by atoms with Crippen LogP contribution in [0, 0.1) is 6.92 Å². The number of carbonyl (C=O) groups is 1. The molecule has 0 saturated heterocycles. The lowest BCUT2D eigenvalue weighted by molar-refractivity contribution is -0.139. The molecule has 19 heavy (non-hydrogen) atoms. The monoisotopic (exact) mass is 265 g/mol. The van der Waals surface area contributed by atoms with Crippen molar-refractivity contribution < 1.29 is 14.6 Å². The first-order valence-electron chi connectivity index (χ1n) is 6.68. The van der Waals surface area contributed by atoms with Crippen molar-refractivity contribution in [3.05, 3.63) is 29.3 Å². The Kier molecular flexibility index (Phi) is 6.36. The number of aliphatic carboxylic acids is 1. The van der Waals surface area contributed by atoms with Gasteiger partial charge in [-0.25, -0.2) is 0 Å². The maximum Gasteiger partial charge on any atom is 0.320 e. The Labute approximate surface area is 114 Å². The minimum absolute atomic E-state index is 0.495. The zero-order chi connectivity index (χ0) is 14.3. The highest BCUT2D eigenvalue weighted by molar-refractivity contribution is 5.73. The van der Waals surface area contributed by atoms with Crippen molar-refractivity contribution >= 4 is 5.97 Å². The molecule has 0 saturated carbocycles. The summed E-state index contributed by atoms with van der Waals surface area (Å²) in [5.41, 5.74) is 2.13. The number of hydrogen-bond donors (Lipinski definition) is 2. The zero-order valence-electron chi connectivity index (χ0n) is 11.9. The summed E-state index contributed by atoms with van der Waals surface area (Å²) in [6.07, 6.45) is 2.56.